The molecular formula is C16H20ClN5O. The van der Waals surface area contributed by atoms with Crippen molar-refractivity contribution in [2.45, 2.75) is 39.3 Å². The quantitative estimate of drug-likeness (QED) is 0.901. The van der Waals surface area contributed by atoms with Gasteiger partial charge in [-0.25, -0.2) is 9.67 Å². The molecule has 23 heavy (non-hydrogen) atoms. The Morgan fingerprint density at radius 3 is 3.09 bits per heavy atom. The Kier molecular flexibility index (Phi) is 4.52. The number of carbonyl (C=O) groups excluding carboxylic acids is 1. The molecule has 0 aliphatic carbocycles. The van der Waals surface area contributed by atoms with Crippen LogP contribution in [0.15, 0.2) is 18.2 Å². The van der Waals surface area contributed by atoms with Crippen LogP contribution < -0.4 is 10.6 Å². The summed E-state index contributed by atoms with van der Waals surface area (Å²) in [5.41, 5.74) is 1.36. The first-order valence-corrected chi connectivity index (χ1v) is 8.19. The number of hydrogen-bond donors (Lipinski definition) is 2. The van der Waals surface area contributed by atoms with Gasteiger partial charge in [-0.3, -0.25) is 4.79 Å². The Labute approximate surface area is 140 Å². The summed E-state index contributed by atoms with van der Waals surface area (Å²) in [5, 5.41) is 11.2. The molecule has 2 N–H and O–H groups in total. The summed E-state index contributed by atoms with van der Waals surface area (Å²) in [6.07, 6.45) is 1.68. The molecule has 0 saturated heterocycles. The van der Waals surface area contributed by atoms with E-state index in [1.807, 2.05) is 24.6 Å². The van der Waals surface area contributed by atoms with Gasteiger partial charge in [-0.2, -0.15) is 5.10 Å². The molecule has 2 aromatic rings. The van der Waals surface area contributed by atoms with E-state index in [1.54, 1.807) is 12.1 Å². The summed E-state index contributed by atoms with van der Waals surface area (Å²) in [6, 6.07) is 5.36. The molecule has 1 aliphatic rings. The lowest BCUT2D eigenvalue weighted by Gasteiger charge is -2.24. The zero-order valence-corrected chi connectivity index (χ0v) is 14.0. The van der Waals surface area contributed by atoms with E-state index in [-0.39, 0.29) is 11.9 Å². The minimum Gasteiger partial charge on any atom is -0.385 e. The fourth-order valence-electron chi connectivity index (χ4n) is 2.86. The number of hydrogen-bond acceptors (Lipinski definition) is 4. The molecule has 0 unspecified atom stereocenters. The first kappa shape index (κ1) is 15.8. The number of benzene rings is 1. The number of carbonyl (C=O) groups is 1. The predicted molar refractivity (Wildman–Crippen MR) is 89.9 cm³/mol. The summed E-state index contributed by atoms with van der Waals surface area (Å²) in [4.78, 5) is 17.0. The zero-order valence-electron chi connectivity index (χ0n) is 13.3. The van der Waals surface area contributed by atoms with Crippen molar-refractivity contribution in [2.24, 2.45) is 0 Å². The van der Waals surface area contributed by atoms with Crippen molar-refractivity contribution in [1.29, 1.82) is 0 Å². The number of fused-ring (bicyclic) bond motifs is 1. The Balaban J connectivity index is 1.74. The Morgan fingerprint density at radius 1 is 1.48 bits per heavy atom. The van der Waals surface area contributed by atoms with Crippen molar-refractivity contribution in [3.05, 3.63) is 40.4 Å². The van der Waals surface area contributed by atoms with E-state index in [4.69, 9.17) is 11.6 Å². The van der Waals surface area contributed by atoms with Crippen molar-refractivity contribution in [2.75, 3.05) is 11.9 Å². The predicted octanol–water partition coefficient (Wildman–Crippen LogP) is 2.42. The van der Waals surface area contributed by atoms with Crippen LogP contribution in [0.4, 0.5) is 5.69 Å². The van der Waals surface area contributed by atoms with Crippen LogP contribution in [0.3, 0.4) is 0 Å². The summed E-state index contributed by atoms with van der Waals surface area (Å²) in [6.45, 7) is 5.27. The molecule has 1 aromatic heterocycles. The van der Waals surface area contributed by atoms with Crippen molar-refractivity contribution in [3.8, 4) is 0 Å². The first-order chi connectivity index (χ1) is 11.1. The van der Waals surface area contributed by atoms with Crippen LogP contribution in [-0.2, 0) is 13.0 Å². The lowest BCUT2D eigenvalue weighted by molar-refractivity contribution is 0.0927. The molecule has 6 nitrogen and oxygen atoms in total. The van der Waals surface area contributed by atoms with Gasteiger partial charge >= 0.3 is 0 Å². The number of nitrogens with zero attached hydrogens (tertiary/aromatic N) is 3. The van der Waals surface area contributed by atoms with Gasteiger partial charge in [0.25, 0.3) is 5.91 Å². The third-order valence-electron chi connectivity index (χ3n) is 3.89. The van der Waals surface area contributed by atoms with E-state index in [0.29, 0.717) is 17.1 Å². The minimum absolute atomic E-state index is 0.0459. The van der Waals surface area contributed by atoms with Gasteiger partial charge in [0.05, 0.1) is 12.1 Å². The van der Waals surface area contributed by atoms with E-state index >= 15 is 0 Å². The Bertz CT molecular complexity index is 727. The van der Waals surface area contributed by atoms with Crippen LogP contribution in [0.5, 0.6) is 0 Å². The molecule has 1 aliphatic heterocycles. The maximum Gasteiger partial charge on any atom is 0.253 e. The third-order valence-corrected chi connectivity index (χ3v) is 4.13. The number of halogens is 1. The third kappa shape index (κ3) is 3.47. The second-order valence-electron chi connectivity index (χ2n) is 5.69. The number of nitrogens with one attached hydrogen (secondary N) is 2. The van der Waals surface area contributed by atoms with Gasteiger partial charge in [0.2, 0.25) is 0 Å². The standard InChI is InChI=1S/C16H20ClN5O/c1-3-18-14-6-4-11(17)8-13(14)16(23)20-12-5-7-15-19-10(2)21-22(15)9-12/h4,6,8,12,18H,3,5,7,9H2,1-2H3,(H,20,23)/t12-/m0/s1. The number of amides is 1. The maximum atomic E-state index is 12.6. The van der Waals surface area contributed by atoms with Crippen molar-refractivity contribution >= 4 is 23.2 Å². The van der Waals surface area contributed by atoms with Crippen LogP contribution in [0.2, 0.25) is 5.02 Å². The van der Waals surface area contributed by atoms with Gasteiger partial charge in [-0.05, 0) is 38.5 Å². The van der Waals surface area contributed by atoms with Crippen LogP contribution in [0, 0.1) is 6.92 Å². The molecule has 1 atom stereocenters. The Hall–Kier alpha value is -2.08. The van der Waals surface area contributed by atoms with Gasteiger partial charge in [-0.1, -0.05) is 11.6 Å². The average molecular weight is 334 g/mol. The molecule has 1 amide bonds. The summed E-state index contributed by atoms with van der Waals surface area (Å²) in [5.74, 6) is 1.65. The maximum absolute atomic E-state index is 12.6. The zero-order chi connectivity index (χ0) is 16.4. The molecule has 1 aromatic carbocycles. The smallest absolute Gasteiger partial charge is 0.253 e. The molecule has 122 valence electrons. The molecule has 2 heterocycles. The van der Waals surface area contributed by atoms with Gasteiger partial charge in [0, 0.05) is 29.7 Å². The summed E-state index contributed by atoms with van der Waals surface area (Å²) < 4.78 is 1.88. The largest absolute Gasteiger partial charge is 0.385 e. The summed E-state index contributed by atoms with van der Waals surface area (Å²) >= 11 is 6.04. The first-order valence-electron chi connectivity index (χ1n) is 7.81. The Morgan fingerprint density at radius 2 is 2.30 bits per heavy atom. The van der Waals surface area contributed by atoms with E-state index in [1.165, 1.54) is 0 Å². The minimum atomic E-state index is -0.117. The summed E-state index contributed by atoms with van der Waals surface area (Å²) in [7, 11) is 0. The van der Waals surface area contributed by atoms with Crippen LogP contribution in [0.1, 0.15) is 35.4 Å². The van der Waals surface area contributed by atoms with E-state index in [0.717, 1.165) is 36.7 Å². The second-order valence-corrected chi connectivity index (χ2v) is 6.12. The molecule has 0 bridgehead atoms. The highest BCUT2D eigenvalue weighted by molar-refractivity contribution is 6.31. The fourth-order valence-corrected chi connectivity index (χ4v) is 3.04. The van der Waals surface area contributed by atoms with Crippen molar-refractivity contribution < 1.29 is 4.79 Å². The lowest BCUT2D eigenvalue weighted by atomic mass is 10.1. The van der Waals surface area contributed by atoms with Crippen LogP contribution in [0.25, 0.3) is 0 Å². The van der Waals surface area contributed by atoms with Crippen LogP contribution >= 0.6 is 11.6 Å². The topological polar surface area (TPSA) is 71.8 Å². The highest BCUT2D eigenvalue weighted by atomic mass is 35.5. The van der Waals surface area contributed by atoms with Gasteiger partial charge in [0.15, 0.2) is 0 Å². The highest BCUT2D eigenvalue weighted by Crippen LogP contribution is 2.21. The monoisotopic (exact) mass is 333 g/mol. The van der Waals surface area contributed by atoms with Crippen molar-refractivity contribution in [3.63, 3.8) is 0 Å². The number of aromatic nitrogens is 3. The number of anilines is 1. The van der Waals surface area contributed by atoms with Gasteiger partial charge in [-0.15, -0.1) is 0 Å². The second kappa shape index (κ2) is 6.58. The molecular weight excluding hydrogens is 314 g/mol. The molecule has 3 rings (SSSR count). The normalized spacial score (nSPS) is 16.7. The molecule has 0 spiro atoms. The van der Waals surface area contributed by atoms with E-state index in [2.05, 4.69) is 20.7 Å². The molecule has 0 saturated carbocycles. The molecule has 7 heteroatoms. The average Bonchev–Trinajstić information content (AvgIpc) is 2.88. The van der Waals surface area contributed by atoms with E-state index < -0.39 is 0 Å². The lowest BCUT2D eigenvalue weighted by Crippen LogP contribution is -2.41. The fraction of sp³-hybridized carbons (Fsp3) is 0.438. The number of aryl methyl sites for hydroxylation is 2. The highest BCUT2D eigenvalue weighted by Gasteiger charge is 2.23. The van der Waals surface area contributed by atoms with Crippen molar-refractivity contribution in [1.82, 2.24) is 20.1 Å². The van der Waals surface area contributed by atoms with Crippen LogP contribution in [-0.4, -0.2) is 33.3 Å². The molecule has 0 radical (unpaired) electrons. The van der Waals surface area contributed by atoms with E-state index in [9.17, 15) is 4.79 Å². The SMILES string of the molecule is CCNc1ccc(Cl)cc1C(=O)N[C@H]1CCc2nc(C)nn2C1. The molecule has 0 fully saturated rings. The van der Waals surface area contributed by atoms with Gasteiger partial charge < -0.3 is 10.6 Å². The van der Waals surface area contributed by atoms with Gasteiger partial charge in [0.1, 0.15) is 11.6 Å². The number of rotatable bonds is 4.